The van der Waals surface area contributed by atoms with Gasteiger partial charge in [-0.2, -0.15) is 0 Å². The number of carbonyl (C=O) groups is 1. The maximum Gasteiger partial charge on any atom is 0.326 e. The minimum absolute atomic E-state index is 0.0969. The van der Waals surface area contributed by atoms with Crippen LogP contribution in [0.4, 0.5) is 0 Å². The van der Waals surface area contributed by atoms with E-state index in [0.717, 1.165) is 10.0 Å². The molecule has 0 amide bonds. The Morgan fingerprint density at radius 3 is 2.75 bits per heavy atom. The van der Waals surface area contributed by atoms with Gasteiger partial charge in [-0.25, -0.2) is 0 Å². The number of esters is 1. The molecule has 1 aromatic rings. The molecule has 1 aromatic carbocycles. The molecule has 3 nitrogen and oxygen atoms in total. The summed E-state index contributed by atoms with van der Waals surface area (Å²) in [7, 11) is 0. The van der Waals surface area contributed by atoms with Crippen LogP contribution in [0.5, 0.6) is 0 Å². The summed E-state index contributed by atoms with van der Waals surface area (Å²) >= 11 is 3.37. The highest BCUT2D eigenvalue weighted by molar-refractivity contribution is 9.10. The normalized spacial score (nSPS) is 27.6. The molecule has 2 atom stereocenters. The highest BCUT2D eigenvalue weighted by Crippen LogP contribution is 2.50. The Balaban J connectivity index is 2.10. The molecule has 0 radical (unpaired) electrons. The molecular weight excluding hydrogens is 270 g/mol. The molecule has 0 spiro atoms. The molecule has 1 fully saturated rings. The van der Waals surface area contributed by atoms with Crippen LogP contribution in [-0.4, -0.2) is 18.1 Å². The van der Waals surface area contributed by atoms with Crippen LogP contribution >= 0.6 is 15.9 Å². The molecular formula is C12H14BrNO2. The van der Waals surface area contributed by atoms with Crippen LogP contribution in [0.2, 0.25) is 0 Å². The van der Waals surface area contributed by atoms with Gasteiger partial charge in [-0.1, -0.05) is 28.1 Å². The van der Waals surface area contributed by atoms with E-state index in [2.05, 4.69) is 15.9 Å². The van der Waals surface area contributed by atoms with Gasteiger partial charge in [0.2, 0.25) is 0 Å². The Labute approximate surface area is 103 Å². The van der Waals surface area contributed by atoms with Crippen LogP contribution in [0.25, 0.3) is 0 Å². The quantitative estimate of drug-likeness (QED) is 0.866. The van der Waals surface area contributed by atoms with Crippen molar-refractivity contribution in [1.82, 2.24) is 0 Å². The molecule has 0 bridgehead atoms. The lowest BCUT2D eigenvalue weighted by Gasteiger charge is -2.10. The third kappa shape index (κ3) is 1.99. The smallest absolute Gasteiger partial charge is 0.326 e. The standard InChI is InChI=1S/C12H14BrNO2/c1-2-16-11(15)12(14)7-10(12)8-3-5-9(13)6-4-8/h3-6,10H,2,7,14H2,1H3/t10-,12-/m1/s1. The number of ether oxygens (including phenoxy) is 1. The molecule has 2 rings (SSSR count). The summed E-state index contributed by atoms with van der Waals surface area (Å²) in [6.45, 7) is 2.17. The predicted molar refractivity (Wildman–Crippen MR) is 65.1 cm³/mol. The van der Waals surface area contributed by atoms with Crippen molar-refractivity contribution in [3.05, 3.63) is 34.3 Å². The van der Waals surface area contributed by atoms with Crippen molar-refractivity contribution in [2.75, 3.05) is 6.61 Å². The van der Waals surface area contributed by atoms with Crippen molar-refractivity contribution in [3.8, 4) is 0 Å². The Bertz CT molecular complexity index is 404. The van der Waals surface area contributed by atoms with Crippen molar-refractivity contribution in [3.63, 3.8) is 0 Å². The van der Waals surface area contributed by atoms with Gasteiger partial charge in [-0.3, -0.25) is 4.79 Å². The average Bonchev–Trinajstić information content (AvgIpc) is 2.94. The van der Waals surface area contributed by atoms with Gasteiger partial charge in [-0.05, 0) is 31.0 Å². The minimum atomic E-state index is -0.802. The topological polar surface area (TPSA) is 52.3 Å². The lowest BCUT2D eigenvalue weighted by molar-refractivity contribution is -0.145. The molecule has 0 heterocycles. The Kier molecular flexibility index (Phi) is 3.04. The van der Waals surface area contributed by atoms with E-state index in [-0.39, 0.29) is 11.9 Å². The van der Waals surface area contributed by atoms with Gasteiger partial charge < -0.3 is 10.5 Å². The molecule has 1 saturated carbocycles. The lowest BCUT2D eigenvalue weighted by atomic mass is 10.1. The fraction of sp³-hybridized carbons (Fsp3) is 0.417. The van der Waals surface area contributed by atoms with Crippen LogP contribution in [0, 0.1) is 0 Å². The second-order valence-corrected chi connectivity index (χ2v) is 4.98. The first-order valence-electron chi connectivity index (χ1n) is 5.29. The Hall–Kier alpha value is -0.870. The van der Waals surface area contributed by atoms with Crippen LogP contribution < -0.4 is 5.73 Å². The maximum atomic E-state index is 11.6. The van der Waals surface area contributed by atoms with Crippen LogP contribution in [0.3, 0.4) is 0 Å². The summed E-state index contributed by atoms with van der Waals surface area (Å²) < 4.78 is 5.99. The molecule has 2 N–H and O–H groups in total. The molecule has 0 aromatic heterocycles. The SMILES string of the molecule is CCOC(=O)[C@@]1(N)C[C@@H]1c1ccc(Br)cc1. The van der Waals surface area contributed by atoms with Gasteiger partial charge in [0.1, 0.15) is 5.54 Å². The van der Waals surface area contributed by atoms with Crippen molar-refractivity contribution in [1.29, 1.82) is 0 Å². The predicted octanol–water partition coefficient (Wildman–Crippen LogP) is 2.20. The van der Waals surface area contributed by atoms with Crippen LogP contribution in [0.15, 0.2) is 28.7 Å². The van der Waals surface area contributed by atoms with Gasteiger partial charge in [0.25, 0.3) is 0 Å². The number of halogens is 1. The lowest BCUT2D eigenvalue weighted by Crippen LogP contribution is -2.36. The fourth-order valence-corrected chi connectivity index (χ4v) is 2.14. The first-order chi connectivity index (χ1) is 7.58. The van der Waals surface area contributed by atoms with Crippen molar-refractivity contribution in [2.45, 2.75) is 24.8 Å². The summed E-state index contributed by atoms with van der Waals surface area (Å²) in [4.78, 5) is 11.6. The Morgan fingerprint density at radius 2 is 2.19 bits per heavy atom. The number of nitrogens with two attached hydrogens (primary N) is 1. The van der Waals surface area contributed by atoms with Gasteiger partial charge in [0.05, 0.1) is 6.61 Å². The summed E-state index contributed by atoms with van der Waals surface area (Å²) in [5.74, 6) is -0.192. The molecule has 0 aliphatic heterocycles. The van der Waals surface area contributed by atoms with Gasteiger partial charge in [-0.15, -0.1) is 0 Å². The maximum absolute atomic E-state index is 11.6. The van der Waals surface area contributed by atoms with E-state index >= 15 is 0 Å². The molecule has 16 heavy (non-hydrogen) atoms. The molecule has 1 aliphatic rings. The zero-order chi connectivity index (χ0) is 11.8. The van der Waals surface area contributed by atoms with E-state index in [1.54, 1.807) is 6.92 Å². The van der Waals surface area contributed by atoms with Gasteiger partial charge in [0, 0.05) is 10.4 Å². The van der Waals surface area contributed by atoms with Gasteiger partial charge in [0.15, 0.2) is 0 Å². The second kappa shape index (κ2) is 4.18. The third-order valence-electron chi connectivity index (χ3n) is 2.93. The van der Waals surface area contributed by atoms with E-state index in [1.807, 2.05) is 24.3 Å². The molecule has 1 aliphatic carbocycles. The third-order valence-corrected chi connectivity index (χ3v) is 3.46. The van der Waals surface area contributed by atoms with E-state index in [4.69, 9.17) is 10.5 Å². The zero-order valence-corrected chi connectivity index (χ0v) is 10.7. The average molecular weight is 284 g/mol. The summed E-state index contributed by atoms with van der Waals surface area (Å²) in [6, 6.07) is 7.89. The fourth-order valence-electron chi connectivity index (χ4n) is 1.88. The highest BCUT2D eigenvalue weighted by Gasteiger charge is 2.58. The van der Waals surface area contributed by atoms with Gasteiger partial charge >= 0.3 is 5.97 Å². The van der Waals surface area contributed by atoms with Crippen LogP contribution in [0.1, 0.15) is 24.8 Å². The number of hydrogen-bond acceptors (Lipinski definition) is 3. The van der Waals surface area contributed by atoms with E-state index in [0.29, 0.717) is 13.0 Å². The summed E-state index contributed by atoms with van der Waals surface area (Å²) in [5, 5.41) is 0. The number of rotatable bonds is 3. The molecule has 86 valence electrons. The summed E-state index contributed by atoms with van der Waals surface area (Å²) in [6.07, 6.45) is 0.674. The van der Waals surface area contributed by atoms with E-state index < -0.39 is 5.54 Å². The number of hydrogen-bond donors (Lipinski definition) is 1. The van der Waals surface area contributed by atoms with Crippen molar-refractivity contribution < 1.29 is 9.53 Å². The first kappa shape index (κ1) is 11.6. The van der Waals surface area contributed by atoms with E-state index in [9.17, 15) is 4.79 Å². The number of carbonyl (C=O) groups excluding carboxylic acids is 1. The monoisotopic (exact) mass is 283 g/mol. The first-order valence-corrected chi connectivity index (χ1v) is 6.09. The zero-order valence-electron chi connectivity index (χ0n) is 9.07. The molecule has 0 unspecified atom stereocenters. The van der Waals surface area contributed by atoms with Crippen LogP contribution in [-0.2, 0) is 9.53 Å². The van der Waals surface area contributed by atoms with Crippen molar-refractivity contribution in [2.24, 2.45) is 5.73 Å². The highest BCUT2D eigenvalue weighted by atomic mass is 79.9. The molecule has 4 heteroatoms. The second-order valence-electron chi connectivity index (χ2n) is 4.07. The number of benzene rings is 1. The molecule has 0 saturated heterocycles. The van der Waals surface area contributed by atoms with Crippen molar-refractivity contribution >= 4 is 21.9 Å². The minimum Gasteiger partial charge on any atom is -0.465 e. The largest absolute Gasteiger partial charge is 0.465 e. The summed E-state index contributed by atoms with van der Waals surface area (Å²) in [5.41, 5.74) is 6.30. The Morgan fingerprint density at radius 1 is 1.56 bits per heavy atom. The van der Waals surface area contributed by atoms with E-state index in [1.165, 1.54) is 0 Å².